The summed E-state index contributed by atoms with van der Waals surface area (Å²) in [5.41, 5.74) is 0.703. The molecule has 0 spiro atoms. The van der Waals surface area contributed by atoms with Gasteiger partial charge in [-0.3, -0.25) is 4.79 Å². The lowest BCUT2D eigenvalue weighted by Crippen LogP contribution is -2.12. The highest BCUT2D eigenvalue weighted by atomic mass is 19.1. The summed E-state index contributed by atoms with van der Waals surface area (Å²) in [6.07, 6.45) is 0. The first-order valence-electron chi connectivity index (χ1n) is 4.65. The topological polar surface area (TPSA) is 55.1 Å². The average molecular weight is 220 g/mol. The fraction of sp³-hybridized carbons (Fsp3) is 0.0909. The SMILES string of the molecule is Cc1cc(C(=O)Nc2ccc(F)cc2)no1. The molecule has 0 fully saturated rings. The van der Waals surface area contributed by atoms with E-state index in [4.69, 9.17) is 4.52 Å². The van der Waals surface area contributed by atoms with Gasteiger partial charge in [-0.05, 0) is 31.2 Å². The van der Waals surface area contributed by atoms with Gasteiger partial charge in [0, 0.05) is 11.8 Å². The molecule has 16 heavy (non-hydrogen) atoms. The molecule has 0 saturated heterocycles. The summed E-state index contributed by atoms with van der Waals surface area (Å²) in [5, 5.41) is 6.14. The third-order valence-electron chi connectivity index (χ3n) is 1.96. The van der Waals surface area contributed by atoms with Gasteiger partial charge in [-0.2, -0.15) is 0 Å². The number of rotatable bonds is 2. The second-order valence-electron chi connectivity index (χ2n) is 3.28. The van der Waals surface area contributed by atoms with Crippen LogP contribution >= 0.6 is 0 Å². The van der Waals surface area contributed by atoms with Crippen LogP contribution in [0.5, 0.6) is 0 Å². The van der Waals surface area contributed by atoms with Crippen LogP contribution < -0.4 is 5.32 Å². The number of aromatic nitrogens is 1. The van der Waals surface area contributed by atoms with Gasteiger partial charge >= 0.3 is 0 Å². The lowest BCUT2D eigenvalue weighted by atomic mass is 10.3. The molecule has 1 aromatic carbocycles. The van der Waals surface area contributed by atoms with Gasteiger partial charge in [0.1, 0.15) is 11.6 Å². The number of aryl methyl sites for hydroxylation is 1. The number of benzene rings is 1. The molecule has 1 N–H and O–H groups in total. The molecular weight excluding hydrogens is 211 g/mol. The molecule has 1 aromatic heterocycles. The molecule has 82 valence electrons. The first kappa shape index (κ1) is 10.4. The molecule has 0 aliphatic rings. The van der Waals surface area contributed by atoms with Crippen molar-refractivity contribution in [3.63, 3.8) is 0 Å². The van der Waals surface area contributed by atoms with Crippen molar-refractivity contribution in [2.24, 2.45) is 0 Å². The van der Waals surface area contributed by atoms with Gasteiger partial charge in [0.15, 0.2) is 5.69 Å². The Morgan fingerprint density at radius 1 is 1.38 bits per heavy atom. The van der Waals surface area contributed by atoms with Crippen LogP contribution in [0.2, 0.25) is 0 Å². The van der Waals surface area contributed by atoms with E-state index in [-0.39, 0.29) is 17.4 Å². The van der Waals surface area contributed by atoms with Gasteiger partial charge in [-0.25, -0.2) is 4.39 Å². The smallest absolute Gasteiger partial charge is 0.277 e. The summed E-state index contributed by atoms with van der Waals surface area (Å²) < 4.78 is 17.4. The first-order valence-corrected chi connectivity index (χ1v) is 4.65. The Kier molecular flexibility index (Phi) is 2.68. The lowest BCUT2D eigenvalue weighted by molar-refractivity contribution is 0.101. The minimum atomic E-state index is -0.386. The van der Waals surface area contributed by atoms with Crippen molar-refractivity contribution in [1.82, 2.24) is 5.16 Å². The number of anilines is 1. The van der Waals surface area contributed by atoms with E-state index in [1.54, 1.807) is 6.92 Å². The fourth-order valence-corrected chi connectivity index (χ4v) is 1.20. The summed E-state index contributed by atoms with van der Waals surface area (Å²) in [5.74, 6) is -0.178. The number of nitrogens with zero attached hydrogens (tertiary/aromatic N) is 1. The van der Waals surface area contributed by atoms with Gasteiger partial charge < -0.3 is 9.84 Å². The van der Waals surface area contributed by atoms with E-state index >= 15 is 0 Å². The molecular formula is C11H9FN2O2. The number of halogens is 1. The highest BCUT2D eigenvalue weighted by Crippen LogP contribution is 2.10. The lowest BCUT2D eigenvalue weighted by Gasteiger charge is -2.01. The second-order valence-corrected chi connectivity index (χ2v) is 3.28. The van der Waals surface area contributed by atoms with Crippen molar-refractivity contribution in [2.75, 3.05) is 5.32 Å². The first-order chi connectivity index (χ1) is 7.65. The predicted octanol–water partition coefficient (Wildman–Crippen LogP) is 2.37. The Morgan fingerprint density at radius 3 is 2.62 bits per heavy atom. The quantitative estimate of drug-likeness (QED) is 0.845. The molecule has 2 aromatic rings. The van der Waals surface area contributed by atoms with Gasteiger partial charge in [-0.15, -0.1) is 0 Å². The fourth-order valence-electron chi connectivity index (χ4n) is 1.20. The standard InChI is InChI=1S/C11H9FN2O2/c1-7-6-10(14-16-7)11(15)13-9-4-2-8(12)3-5-9/h2-6H,1H3,(H,13,15). The Bertz CT molecular complexity index is 505. The van der Waals surface area contributed by atoms with Gasteiger partial charge in [0.05, 0.1) is 0 Å². The Morgan fingerprint density at radius 2 is 2.06 bits per heavy atom. The molecule has 1 amide bonds. The van der Waals surface area contributed by atoms with E-state index in [9.17, 15) is 9.18 Å². The number of hydrogen-bond acceptors (Lipinski definition) is 3. The van der Waals surface area contributed by atoms with Crippen LogP contribution in [0.4, 0.5) is 10.1 Å². The highest BCUT2D eigenvalue weighted by Gasteiger charge is 2.10. The largest absolute Gasteiger partial charge is 0.361 e. The second kappa shape index (κ2) is 4.14. The summed E-state index contributed by atoms with van der Waals surface area (Å²) in [6, 6.07) is 7.01. The van der Waals surface area contributed by atoms with E-state index in [0.717, 1.165) is 0 Å². The Labute approximate surface area is 91.1 Å². The van der Waals surface area contributed by atoms with E-state index in [2.05, 4.69) is 10.5 Å². The number of hydrogen-bond donors (Lipinski definition) is 1. The third-order valence-corrected chi connectivity index (χ3v) is 1.96. The Hall–Kier alpha value is -2.17. The molecule has 0 atom stereocenters. The third kappa shape index (κ3) is 2.25. The molecule has 5 heteroatoms. The van der Waals surface area contributed by atoms with Crippen molar-refractivity contribution >= 4 is 11.6 Å². The summed E-state index contributed by atoms with van der Waals surface area (Å²) in [4.78, 5) is 11.6. The predicted molar refractivity (Wildman–Crippen MR) is 55.6 cm³/mol. The number of carbonyl (C=O) groups is 1. The number of amides is 1. The molecule has 1 heterocycles. The van der Waals surface area contributed by atoms with Crippen molar-refractivity contribution in [1.29, 1.82) is 0 Å². The maximum absolute atomic E-state index is 12.6. The monoisotopic (exact) mass is 220 g/mol. The van der Waals surface area contributed by atoms with E-state index in [1.165, 1.54) is 30.3 Å². The van der Waals surface area contributed by atoms with Crippen LogP contribution in [0.1, 0.15) is 16.2 Å². The van der Waals surface area contributed by atoms with Crippen LogP contribution in [0.25, 0.3) is 0 Å². The molecule has 0 saturated carbocycles. The highest BCUT2D eigenvalue weighted by molar-refractivity contribution is 6.02. The van der Waals surface area contributed by atoms with E-state index < -0.39 is 0 Å². The molecule has 0 unspecified atom stereocenters. The minimum Gasteiger partial charge on any atom is -0.361 e. The van der Waals surface area contributed by atoms with Crippen molar-refractivity contribution in [3.05, 3.63) is 47.6 Å². The summed E-state index contributed by atoms with van der Waals surface area (Å²) >= 11 is 0. The van der Waals surface area contributed by atoms with Crippen LogP contribution in [0, 0.1) is 12.7 Å². The van der Waals surface area contributed by atoms with Crippen molar-refractivity contribution in [2.45, 2.75) is 6.92 Å². The normalized spacial score (nSPS) is 10.1. The van der Waals surface area contributed by atoms with Crippen molar-refractivity contribution < 1.29 is 13.7 Å². The van der Waals surface area contributed by atoms with E-state index in [0.29, 0.717) is 11.4 Å². The minimum absolute atomic E-state index is 0.196. The maximum atomic E-state index is 12.6. The molecule has 0 bridgehead atoms. The zero-order chi connectivity index (χ0) is 11.5. The van der Waals surface area contributed by atoms with Gasteiger partial charge in [-0.1, -0.05) is 5.16 Å². The zero-order valence-electron chi connectivity index (χ0n) is 8.53. The summed E-state index contributed by atoms with van der Waals surface area (Å²) in [7, 11) is 0. The average Bonchev–Trinajstić information content (AvgIpc) is 2.68. The molecule has 0 radical (unpaired) electrons. The summed E-state index contributed by atoms with van der Waals surface area (Å²) in [6.45, 7) is 1.70. The Balaban J connectivity index is 2.10. The van der Waals surface area contributed by atoms with Gasteiger partial charge in [0.25, 0.3) is 5.91 Å². The molecule has 2 rings (SSSR count). The number of carbonyl (C=O) groups excluding carboxylic acids is 1. The number of nitrogens with one attached hydrogen (secondary N) is 1. The zero-order valence-corrected chi connectivity index (χ0v) is 8.53. The van der Waals surface area contributed by atoms with Crippen molar-refractivity contribution in [3.8, 4) is 0 Å². The van der Waals surface area contributed by atoms with Crippen LogP contribution in [0.15, 0.2) is 34.9 Å². The van der Waals surface area contributed by atoms with Crippen LogP contribution in [-0.2, 0) is 0 Å². The van der Waals surface area contributed by atoms with E-state index in [1.807, 2.05) is 0 Å². The van der Waals surface area contributed by atoms with Gasteiger partial charge in [0.2, 0.25) is 0 Å². The molecule has 4 nitrogen and oxygen atoms in total. The van der Waals surface area contributed by atoms with Crippen LogP contribution in [-0.4, -0.2) is 11.1 Å². The molecule has 0 aliphatic heterocycles. The maximum Gasteiger partial charge on any atom is 0.277 e. The van der Waals surface area contributed by atoms with Crippen LogP contribution in [0.3, 0.4) is 0 Å². The molecule has 0 aliphatic carbocycles.